The molecule has 26 heavy (non-hydrogen) atoms. The summed E-state index contributed by atoms with van der Waals surface area (Å²) in [5, 5.41) is 4.05. The van der Waals surface area contributed by atoms with Crippen LogP contribution in [0.2, 0.25) is 5.02 Å². The SMILES string of the molecule is C/C(=C\C(=O)c1ccccc1)Nc1ccccc1Sc1cccc(Cl)c1. The fraction of sp³-hybridized carbons (Fsp3) is 0.0455. The smallest absolute Gasteiger partial charge is 0.187 e. The van der Waals surface area contributed by atoms with Crippen LogP contribution in [0.25, 0.3) is 0 Å². The molecule has 0 radical (unpaired) electrons. The van der Waals surface area contributed by atoms with E-state index < -0.39 is 0 Å². The Labute approximate surface area is 162 Å². The van der Waals surface area contributed by atoms with Crippen molar-refractivity contribution in [2.45, 2.75) is 16.7 Å². The van der Waals surface area contributed by atoms with Gasteiger partial charge in [0.25, 0.3) is 0 Å². The largest absolute Gasteiger partial charge is 0.358 e. The summed E-state index contributed by atoms with van der Waals surface area (Å²) >= 11 is 7.70. The fourth-order valence-corrected chi connectivity index (χ4v) is 3.66. The van der Waals surface area contributed by atoms with Gasteiger partial charge < -0.3 is 5.32 Å². The molecule has 0 heterocycles. The predicted octanol–water partition coefficient (Wildman–Crippen LogP) is 6.69. The van der Waals surface area contributed by atoms with E-state index in [4.69, 9.17) is 11.6 Å². The van der Waals surface area contributed by atoms with Crippen molar-refractivity contribution in [3.8, 4) is 0 Å². The summed E-state index contributed by atoms with van der Waals surface area (Å²) < 4.78 is 0. The lowest BCUT2D eigenvalue weighted by Gasteiger charge is -2.12. The standard InChI is InChI=1S/C22H18ClNOS/c1-16(14-21(25)17-8-3-2-4-9-17)24-20-12-5-6-13-22(20)26-19-11-7-10-18(23)15-19/h2-15,24H,1H3/b16-14+. The first-order chi connectivity index (χ1) is 12.6. The fourth-order valence-electron chi connectivity index (χ4n) is 2.45. The van der Waals surface area contributed by atoms with Gasteiger partial charge in [-0.25, -0.2) is 0 Å². The van der Waals surface area contributed by atoms with Gasteiger partial charge in [-0.1, -0.05) is 71.9 Å². The first-order valence-electron chi connectivity index (χ1n) is 8.19. The number of hydrogen-bond acceptors (Lipinski definition) is 3. The average Bonchev–Trinajstić information content (AvgIpc) is 2.64. The van der Waals surface area contributed by atoms with Crippen LogP contribution in [0.4, 0.5) is 5.69 Å². The number of rotatable bonds is 6. The maximum Gasteiger partial charge on any atom is 0.187 e. The van der Waals surface area contributed by atoms with Crippen molar-refractivity contribution in [1.82, 2.24) is 0 Å². The zero-order valence-corrected chi connectivity index (χ0v) is 15.8. The van der Waals surface area contributed by atoms with E-state index in [9.17, 15) is 4.79 Å². The van der Waals surface area contributed by atoms with E-state index in [1.165, 1.54) is 0 Å². The molecule has 0 aromatic heterocycles. The number of para-hydroxylation sites is 1. The van der Waals surface area contributed by atoms with Crippen LogP contribution in [0, 0.1) is 0 Å². The second kappa shape index (κ2) is 8.75. The molecule has 1 N–H and O–H groups in total. The number of ketones is 1. The number of hydrogen-bond donors (Lipinski definition) is 1. The lowest BCUT2D eigenvalue weighted by atomic mass is 10.1. The Bertz CT molecular complexity index is 938. The molecule has 0 saturated carbocycles. The highest BCUT2D eigenvalue weighted by Gasteiger charge is 2.07. The number of nitrogens with one attached hydrogen (secondary N) is 1. The van der Waals surface area contributed by atoms with Crippen LogP contribution < -0.4 is 5.32 Å². The topological polar surface area (TPSA) is 29.1 Å². The van der Waals surface area contributed by atoms with Crippen LogP contribution in [0.3, 0.4) is 0 Å². The zero-order valence-electron chi connectivity index (χ0n) is 14.3. The Morgan fingerprint density at radius 3 is 2.46 bits per heavy atom. The highest BCUT2D eigenvalue weighted by atomic mass is 35.5. The van der Waals surface area contributed by atoms with E-state index in [0.717, 1.165) is 21.2 Å². The third-order valence-electron chi connectivity index (χ3n) is 3.65. The van der Waals surface area contributed by atoms with Crippen molar-refractivity contribution in [3.05, 3.63) is 101 Å². The number of benzene rings is 3. The van der Waals surface area contributed by atoms with Crippen molar-refractivity contribution in [2.75, 3.05) is 5.32 Å². The molecule has 0 amide bonds. The van der Waals surface area contributed by atoms with Crippen molar-refractivity contribution < 1.29 is 4.79 Å². The third kappa shape index (κ3) is 5.01. The summed E-state index contributed by atoms with van der Waals surface area (Å²) in [5.41, 5.74) is 2.42. The van der Waals surface area contributed by atoms with Crippen molar-refractivity contribution in [2.24, 2.45) is 0 Å². The van der Waals surface area contributed by atoms with Gasteiger partial charge >= 0.3 is 0 Å². The summed E-state index contributed by atoms with van der Waals surface area (Å²) in [4.78, 5) is 14.5. The van der Waals surface area contributed by atoms with Gasteiger partial charge in [0, 0.05) is 32.2 Å². The van der Waals surface area contributed by atoms with Gasteiger partial charge in [0.2, 0.25) is 0 Å². The molecule has 0 saturated heterocycles. The lowest BCUT2D eigenvalue weighted by Crippen LogP contribution is -2.02. The van der Waals surface area contributed by atoms with Gasteiger partial charge in [-0.3, -0.25) is 4.79 Å². The van der Waals surface area contributed by atoms with Crippen molar-refractivity contribution in [3.63, 3.8) is 0 Å². The summed E-state index contributed by atoms with van der Waals surface area (Å²) in [6, 6.07) is 25.0. The van der Waals surface area contributed by atoms with Crippen LogP contribution in [0.1, 0.15) is 17.3 Å². The van der Waals surface area contributed by atoms with E-state index in [1.807, 2.05) is 85.8 Å². The van der Waals surface area contributed by atoms with Crippen LogP contribution in [0.15, 0.2) is 100 Å². The summed E-state index contributed by atoms with van der Waals surface area (Å²) in [5.74, 6) is -0.0180. The second-order valence-electron chi connectivity index (χ2n) is 5.74. The molecule has 0 aliphatic carbocycles. The molecule has 3 aromatic carbocycles. The van der Waals surface area contributed by atoms with Gasteiger partial charge in [0.15, 0.2) is 5.78 Å². The molecule has 0 aliphatic heterocycles. The van der Waals surface area contributed by atoms with Gasteiger partial charge in [-0.15, -0.1) is 0 Å². The molecule has 0 atom stereocenters. The molecule has 0 bridgehead atoms. The number of allylic oxidation sites excluding steroid dienone is 2. The maximum absolute atomic E-state index is 12.3. The second-order valence-corrected chi connectivity index (χ2v) is 7.29. The first-order valence-corrected chi connectivity index (χ1v) is 9.38. The van der Waals surface area contributed by atoms with E-state index in [0.29, 0.717) is 10.6 Å². The monoisotopic (exact) mass is 379 g/mol. The molecular weight excluding hydrogens is 362 g/mol. The van der Waals surface area contributed by atoms with Crippen molar-refractivity contribution >= 4 is 34.8 Å². The highest BCUT2D eigenvalue weighted by Crippen LogP contribution is 2.34. The van der Waals surface area contributed by atoms with Gasteiger partial charge in [0.05, 0.1) is 5.69 Å². The van der Waals surface area contributed by atoms with Crippen molar-refractivity contribution in [1.29, 1.82) is 0 Å². The minimum absolute atomic E-state index is 0.0180. The van der Waals surface area contributed by atoms with Crippen LogP contribution in [-0.2, 0) is 0 Å². The van der Waals surface area contributed by atoms with Gasteiger partial charge in [-0.05, 0) is 37.3 Å². The van der Waals surface area contributed by atoms with Gasteiger partial charge in [-0.2, -0.15) is 0 Å². The number of carbonyl (C=O) groups is 1. The zero-order chi connectivity index (χ0) is 18.4. The first kappa shape index (κ1) is 18.3. The molecule has 3 rings (SSSR count). The molecule has 2 nitrogen and oxygen atoms in total. The third-order valence-corrected chi connectivity index (χ3v) is 4.95. The minimum Gasteiger partial charge on any atom is -0.358 e. The Kier molecular flexibility index (Phi) is 6.16. The Morgan fingerprint density at radius 2 is 1.69 bits per heavy atom. The van der Waals surface area contributed by atoms with Crippen LogP contribution in [-0.4, -0.2) is 5.78 Å². The molecule has 130 valence electrons. The predicted molar refractivity (Wildman–Crippen MR) is 110 cm³/mol. The Hall–Kier alpha value is -2.49. The van der Waals surface area contributed by atoms with Crippen LogP contribution >= 0.6 is 23.4 Å². The average molecular weight is 380 g/mol. The highest BCUT2D eigenvalue weighted by molar-refractivity contribution is 7.99. The molecule has 0 spiro atoms. The summed E-state index contributed by atoms with van der Waals surface area (Å²) in [6.45, 7) is 1.89. The van der Waals surface area contributed by atoms with E-state index in [1.54, 1.807) is 17.8 Å². The number of anilines is 1. The number of halogens is 1. The molecule has 0 unspecified atom stereocenters. The Morgan fingerprint density at radius 1 is 0.962 bits per heavy atom. The minimum atomic E-state index is -0.0180. The molecule has 0 aliphatic rings. The molecular formula is C22H18ClNOS. The normalized spacial score (nSPS) is 11.2. The molecule has 3 aromatic rings. The Balaban J connectivity index is 1.77. The van der Waals surface area contributed by atoms with E-state index in [-0.39, 0.29) is 5.78 Å². The van der Waals surface area contributed by atoms with E-state index in [2.05, 4.69) is 5.32 Å². The van der Waals surface area contributed by atoms with E-state index >= 15 is 0 Å². The quantitative estimate of drug-likeness (QED) is 0.382. The number of carbonyl (C=O) groups excluding carboxylic acids is 1. The van der Waals surface area contributed by atoms with Crippen LogP contribution in [0.5, 0.6) is 0 Å². The maximum atomic E-state index is 12.3. The molecule has 4 heteroatoms. The summed E-state index contributed by atoms with van der Waals surface area (Å²) in [6.07, 6.45) is 1.62. The summed E-state index contributed by atoms with van der Waals surface area (Å²) in [7, 11) is 0. The van der Waals surface area contributed by atoms with Gasteiger partial charge in [0.1, 0.15) is 0 Å². The lowest BCUT2D eigenvalue weighted by molar-refractivity contribution is 0.104. The molecule has 0 fully saturated rings.